The Hall–Kier alpha value is -3.95. The molecule has 7 nitrogen and oxygen atoms in total. The Bertz CT molecular complexity index is 1840. The fraction of sp³-hybridized carbons (Fsp3) is 0.194. The van der Waals surface area contributed by atoms with E-state index >= 15 is 0 Å². The minimum absolute atomic E-state index is 0.221. The Kier molecular flexibility index (Phi) is 7.78. The third kappa shape index (κ3) is 5.26. The molecule has 0 unspecified atom stereocenters. The van der Waals surface area contributed by atoms with Crippen LogP contribution in [0.25, 0.3) is 6.08 Å². The van der Waals surface area contributed by atoms with Crippen molar-refractivity contribution in [3.8, 4) is 11.5 Å². The van der Waals surface area contributed by atoms with Crippen molar-refractivity contribution in [3.05, 3.63) is 118 Å². The number of fused-ring (bicyclic) bond motifs is 1. The number of aromatic nitrogens is 1. The molecular formula is C31H28BrN3O4S. The molecule has 0 spiro atoms. The topological polar surface area (TPSA) is 81.9 Å². The number of hydrogen-bond donors (Lipinski definition) is 1. The summed E-state index contributed by atoms with van der Waals surface area (Å²) < 4.78 is 13.6. The van der Waals surface area contributed by atoms with Gasteiger partial charge in [0.05, 0.1) is 40.5 Å². The number of carbonyl (C=O) groups is 1. The second-order valence-corrected chi connectivity index (χ2v) is 11.4. The van der Waals surface area contributed by atoms with E-state index in [2.05, 4.69) is 21.2 Å². The van der Waals surface area contributed by atoms with Gasteiger partial charge in [-0.3, -0.25) is 14.2 Å². The number of hydrogen-bond acceptors (Lipinski definition) is 6. The Labute approximate surface area is 244 Å². The van der Waals surface area contributed by atoms with Crippen molar-refractivity contribution < 1.29 is 14.3 Å². The number of methoxy groups -OCH3 is 2. The third-order valence-electron chi connectivity index (χ3n) is 6.80. The van der Waals surface area contributed by atoms with Crippen LogP contribution in [0.1, 0.15) is 35.2 Å². The first-order chi connectivity index (χ1) is 19.2. The summed E-state index contributed by atoms with van der Waals surface area (Å²) in [5.74, 6) is 1.08. The van der Waals surface area contributed by atoms with Gasteiger partial charge in [0.2, 0.25) is 0 Å². The van der Waals surface area contributed by atoms with Gasteiger partial charge in [-0.25, -0.2) is 4.99 Å². The highest BCUT2D eigenvalue weighted by Gasteiger charge is 2.32. The van der Waals surface area contributed by atoms with Crippen LogP contribution in [0.2, 0.25) is 0 Å². The van der Waals surface area contributed by atoms with Crippen molar-refractivity contribution in [3.63, 3.8) is 0 Å². The number of ether oxygens (including phenoxy) is 2. The lowest BCUT2D eigenvalue weighted by atomic mass is 9.95. The summed E-state index contributed by atoms with van der Waals surface area (Å²) in [6, 6.07) is 18.2. The second kappa shape index (κ2) is 11.3. The van der Waals surface area contributed by atoms with Crippen molar-refractivity contribution in [1.82, 2.24) is 4.57 Å². The lowest BCUT2D eigenvalue weighted by Crippen LogP contribution is -2.40. The summed E-state index contributed by atoms with van der Waals surface area (Å²) in [7, 11) is 3.20. The molecular weight excluding hydrogens is 590 g/mol. The molecule has 1 N–H and O–H groups in total. The normalized spacial score (nSPS) is 14.9. The molecule has 0 fully saturated rings. The Morgan fingerprint density at radius 3 is 2.42 bits per heavy atom. The minimum Gasteiger partial charge on any atom is -0.497 e. The van der Waals surface area contributed by atoms with Crippen LogP contribution < -0.4 is 29.7 Å². The van der Waals surface area contributed by atoms with Crippen molar-refractivity contribution in [2.24, 2.45) is 4.99 Å². The van der Waals surface area contributed by atoms with Gasteiger partial charge in [-0.2, -0.15) is 0 Å². The zero-order valence-electron chi connectivity index (χ0n) is 22.7. The molecule has 3 aromatic carbocycles. The van der Waals surface area contributed by atoms with Crippen LogP contribution in [0.5, 0.6) is 11.5 Å². The van der Waals surface area contributed by atoms with Gasteiger partial charge in [0, 0.05) is 5.69 Å². The number of thiazole rings is 1. The monoisotopic (exact) mass is 617 g/mol. The largest absolute Gasteiger partial charge is 0.497 e. The molecule has 1 aliphatic rings. The first-order valence-electron chi connectivity index (χ1n) is 12.6. The molecule has 1 aliphatic heterocycles. The maximum atomic E-state index is 13.9. The highest BCUT2D eigenvalue weighted by atomic mass is 79.9. The average molecular weight is 619 g/mol. The quantitative estimate of drug-likeness (QED) is 0.319. The van der Waals surface area contributed by atoms with Gasteiger partial charge in [0.15, 0.2) is 4.80 Å². The Balaban J connectivity index is 1.65. The smallest absolute Gasteiger partial charge is 0.271 e. The van der Waals surface area contributed by atoms with E-state index in [-0.39, 0.29) is 11.5 Å². The summed E-state index contributed by atoms with van der Waals surface area (Å²) in [6.07, 6.45) is 1.83. The van der Waals surface area contributed by atoms with Crippen LogP contribution >= 0.6 is 27.3 Å². The molecule has 0 bridgehead atoms. The van der Waals surface area contributed by atoms with E-state index < -0.39 is 6.04 Å². The molecule has 204 valence electrons. The summed E-state index contributed by atoms with van der Waals surface area (Å²) in [6.45, 7) is 5.77. The number of nitrogens with one attached hydrogen (secondary N) is 1. The number of allylic oxidation sites excluding steroid dienone is 1. The van der Waals surface area contributed by atoms with Crippen molar-refractivity contribution in [2.75, 3.05) is 19.5 Å². The third-order valence-corrected chi connectivity index (χ3v) is 8.40. The van der Waals surface area contributed by atoms with Gasteiger partial charge >= 0.3 is 0 Å². The summed E-state index contributed by atoms with van der Waals surface area (Å²) >= 11 is 4.81. The van der Waals surface area contributed by atoms with Crippen LogP contribution in [0.3, 0.4) is 0 Å². The predicted octanol–water partition coefficient (Wildman–Crippen LogP) is 5.27. The first-order valence-corrected chi connectivity index (χ1v) is 14.2. The molecule has 2 heterocycles. The van der Waals surface area contributed by atoms with E-state index in [0.717, 1.165) is 26.7 Å². The summed E-state index contributed by atoms with van der Waals surface area (Å²) in [4.78, 5) is 33.0. The fourth-order valence-electron chi connectivity index (χ4n) is 4.78. The standard InChI is InChI=1S/C31H28BrN3O4S/c1-17-6-12-24(18(2)14-17)34-29(36)27-19(3)33-31-35(28(27)21-8-10-22(38-4)11-9-21)30(37)26(40-31)16-20-7-13-25(39-5)23(32)15-20/h6-16,28H,1-5H3,(H,34,36)/b26-16+/t28-/m1/s1. The molecule has 0 aliphatic carbocycles. The second-order valence-electron chi connectivity index (χ2n) is 9.52. The molecule has 40 heavy (non-hydrogen) atoms. The molecule has 5 rings (SSSR count). The maximum absolute atomic E-state index is 13.9. The number of halogens is 1. The van der Waals surface area contributed by atoms with Crippen LogP contribution in [-0.4, -0.2) is 24.7 Å². The number of nitrogens with zero attached hydrogens (tertiary/aromatic N) is 2. The average Bonchev–Trinajstić information content (AvgIpc) is 3.23. The molecule has 1 amide bonds. The number of amides is 1. The van der Waals surface area contributed by atoms with Crippen molar-refractivity contribution in [1.29, 1.82) is 0 Å². The predicted molar refractivity (Wildman–Crippen MR) is 162 cm³/mol. The van der Waals surface area contributed by atoms with Crippen molar-refractivity contribution >= 4 is 44.9 Å². The minimum atomic E-state index is -0.669. The van der Waals surface area contributed by atoms with E-state index in [1.165, 1.54) is 11.3 Å². The molecule has 1 atom stereocenters. The van der Waals surface area contributed by atoms with Gasteiger partial charge in [0.1, 0.15) is 11.5 Å². The van der Waals surface area contributed by atoms with Crippen LogP contribution in [0.15, 0.2) is 86.2 Å². The number of aryl methyl sites for hydroxylation is 2. The lowest BCUT2D eigenvalue weighted by molar-refractivity contribution is -0.113. The number of rotatable bonds is 6. The van der Waals surface area contributed by atoms with Gasteiger partial charge in [-0.05, 0) is 89.8 Å². The van der Waals surface area contributed by atoms with Crippen LogP contribution in [-0.2, 0) is 4.79 Å². The highest BCUT2D eigenvalue weighted by molar-refractivity contribution is 9.10. The van der Waals surface area contributed by atoms with Gasteiger partial charge in [0.25, 0.3) is 11.5 Å². The van der Waals surface area contributed by atoms with E-state index in [1.807, 2.05) is 87.5 Å². The number of benzene rings is 3. The SMILES string of the molecule is COc1ccc([C@@H]2C(C(=O)Nc3ccc(C)cc3C)=C(C)N=c3s/c(=C/c4ccc(OC)c(Br)c4)c(=O)n32)cc1. The zero-order valence-corrected chi connectivity index (χ0v) is 25.1. The van der Waals surface area contributed by atoms with E-state index in [9.17, 15) is 9.59 Å². The summed E-state index contributed by atoms with van der Waals surface area (Å²) in [5, 5.41) is 3.06. The molecule has 9 heteroatoms. The van der Waals surface area contributed by atoms with Crippen molar-refractivity contribution in [2.45, 2.75) is 26.8 Å². The Morgan fingerprint density at radius 1 is 1.02 bits per heavy atom. The summed E-state index contributed by atoms with van der Waals surface area (Å²) in [5.41, 5.74) is 5.14. The molecule has 4 aromatic rings. The van der Waals surface area contributed by atoms with E-state index in [0.29, 0.717) is 37.8 Å². The zero-order chi connectivity index (χ0) is 28.6. The van der Waals surface area contributed by atoms with E-state index in [1.54, 1.807) is 18.8 Å². The lowest BCUT2D eigenvalue weighted by Gasteiger charge is -2.25. The first kappa shape index (κ1) is 27.6. The highest BCUT2D eigenvalue weighted by Crippen LogP contribution is 2.32. The molecule has 0 saturated carbocycles. The van der Waals surface area contributed by atoms with Crippen LogP contribution in [0, 0.1) is 13.8 Å². The fourth-order valence-corrected chi connectivity index (χ4v) is 6.39. The van der Waals surface area contributed by atoms with E-state index in [4.69, 9.17) is 14.5 Å². The molecule has 1 aromatic heterocycles. The van der Waals surface area contributed by atoms with Gasteiger partial charge < -0.3 is 14.8 Å². The molecule has 0 saturated heterocycles. The molecule has 0 radical (unpaired) electrons. The van der Waals surface area contributed by atoms with Crippen LogP contribution in [0.4, 0.5) is 5.69 Å². The number of carbonyl (C=O) groups excluding carboxylic acids is 1. The Morgan fingerprint density at radius 2 is 1.77 bits per heavy atom. The number of anilines is 1. The maximum Gasteiger partial charge on any atom is 0.271 e. The van der Waals surface area contributed by atoms with Gasteiger partial charge in [-0.1, -0.05) is 47.2 Å². The van der Waals surface area contributed by atoms with Gasteiger partial charge in [-0.15, -0.1) is 0 Å².